The third kappa shape index (κ3) is 4.08. The molecule has 0 saturated carbocycles. The number of piperidine rings is 1. The van der Waals surface area contributed by atoms with E-state index in [-0.39, 0.29) is 5.82 Å². The van der Waals surface area contributed by atoms with E-state index < -0.39 is 6.17 Å². The smallest absolute Gasteiger partial charge is 0.123 e. The molecule has 94 valence electrons. The third-order valence-electron chi connectivity index (χ3n) is 3.37. The molecule has 1 nitrogen and oxygen atoms in total. The van der Waals surface area contributed by atoms with E-state index in [0.717, 1.165) is 32.5 Å². The third-order valence-corrected chi connectivity index (χ3v) is 3.37. The summed E-state index contributed by atoms with van der Waals surface area (Å²) in [6, 6.07) is 6.68. The molecule has 0 radical (unpaired) electrons. The number of aryl methyl sites for hydroxylation is 1. The molecule has 0 amide bonds. The Morgan fingerprint density at radius 2 is 1.76 bits per heavy atom. The minimum absolute atomic E-state index is 0.182. The topological polar surface area (TPSA) is 3.24 Å². The second-order valence-corrected chi connectivity index (χ2v) is 4.75. The van der Waals surface area contributed by atoms with Crippen molar-refractivity contribution in [3.05, 3.63) is 35.6 Å². The normalized spacial score (nSPS) is 18.5. The first-order valence-electron chi connectivity index (χ1n) is 6.35. The van der Waals surface area contributed by atoms with E-state index in [1.165, 1.54) is 17.7 Å². The minimum atomic E-state index is -0.594. The van der Waals surface area contributed by atoms with Crippen molar-refractivity contribution in [1.29, 1.82) is 0 Å². The van der Waals surface area contributed by atoms with Gasteiger partial charge in [-0.05, 0) is 49.9 Å². The monoisotopic (exact) mass is 239 g/mol. The highest BCUT2D eigenvalue weighted by Gasteiger charge is 2.17. The van der Waals surface area contributed by atoms with Gasteiger partial charge in [-0.1, -0.05) is 12.1 Å². The summed E-state index contributed by atoms with van der Waals surface area (Å²) in [6.07, 6.45) is 2.79. The van der Waals surface area contributed by atoms with Crippen LogP contribution in [0, 0.1) is 5.82 Å². The van der Waals surface area contributed by atoms with E-state index in [4.69, 9.17) is 0 Å². The average Bonchev–Trinajstić information content (AvgIpc) is 2.34. The van der Waals surface area contributed by atoms with E-state index in [0.29, 0.717) is 12.8 Å². The van der Waals surface area contributed by atoms with Crippen molar-refractivity contribution < 1.29 is 8.78 Å². The second-order valence-electron chi connectivity index (χ2n) is 4.75. The highest BCUT2D eigenvalue weighted by molar-refractivity contribution is 5.15. The first-order chi connectivity index (χ1) is 8.24. The Morgan fingerprint density at radius 1 is 1.12 bits per heavy atom. The lowest BCUT2D eigenvalue weighted by Crippen LogP contribution is -2.35. The number of alkyl halides is 1. The van der Waals surface area contributed by atoms with Crippen LogP contribution in [0.3, 0.4) is 0 Å². The van der Waals surface area contributed by atoms with Gasteiger partial charge in [-0.25, -0.2) is 8.78 Å². The Hall–Kier alpha value is -0.960. The number of hydrogen-bond acceptors (Lipinski definition) is 1. The van der Waals surface area contributed by atoms with Crippen LogP contribution >= 0.6 is 0 Å². The molecular formula is C14H19F2N. The van der Waals surface area contributed by atoms with Gasteiger partial charge in [-0.15, -0.1) is 0 Å². The molecule has 0 spiro atoms. The van der Waals surface area contributed by atoms with E-state index in [1.807, 2.05) is 12.1 Å². The van der Waals surface area contributed by atoms with Crippen LogP contribution in [-0.4, -0.2) is 30.7 Å². The SMILES string of the molecule is Fc1ccc(CCCN2CCC(F)CC2)cc1. The van der Waals surface area contributed by atoms with Gasteiger partial charge in [0.25, 0.3) is 0 Å². The Balaban J connectivity index is 1.67. The molecule has 1 fully saturated rings. The lowest BCUT2D eigenvalue weighted by atomic mass is 10.1. The zero-order chi connectivity index (χ0) is 12.1. The van der Waals surface area contributed by atoms with Crippen molar-refractivity contribution in [2.45, 2.75) is 31.9 Å². The molecule has 0 unspecified atom stereocenters. The van der Waals surface area contributed by atoms with Gasteiger partial charge in [-0.3, -0.25) is 0 Å². The van der Waals surface area contributed by atoms with Gasteiger partial charge >= 0.3 is 0 Å². The lowest BCUT2D eigenvalue weighted by Gasteiger charge is -2.28. The molecular weight excluding hydrogens is 220 g/mol. The highest BCUT2D eigenvalue weighted by atomic mass is 19.1. The second kappa shape index (κ2) is 6.10. The van der Waals surface area contributed by atoms with Gasteiger partial charge in [0.15, 0.2) is 0 Å². The maximum atomic E-state index is 12.9. The van der Waals surface area contributed by atoms with Crippen LogP contribution in [0.1, 0.15) is 24.8 Å². The molecule has 1 saturated heterocycles. The van der Waals surface area contributed by atoms with Crippen molar-refractivity contribution in [2.75, 3.05) is 19.6 Å². The van der Waals surface area contributed by atoms with E-state index in [9.17, 15) is 8.78 Å². The zero-order valence-electron chi connectivity index (χ0n) is 10.0. The summed E-state index contributed by atoms with van der Waals surface area (Å²) >= 11 is 0. The quantitative estimate of drug-likeness (QED) is 0.780. The fraction of sp³-hybridized carbons (Fsp3) is 0.571. The van der Waals surface area contributed by atoms with Gasteiger partial charge in [0, 0.05) is 13.1 Å². The van der Waals surface area contributed by atoms with Crippen molar-refractivity contribution in [2.24, 2.45) is 0 Å². The molecule has 0 N–H and O–H groups in total. The summed E-state index contributed by atoms with van der Waals surface area (Å²) in [6.45, 7) is 2.78. The summed E-state index contributed by atoms with van der Waals surface area (Å²) in [4.78, 5) is 2.32. The molecule has 1 heterocycles. The van der Waals surface area contributed by atoms with Crippen molar-refractivity contribution in [3.8, 4) is 0 Å². The van der Waals surface area contributed by atoms with Crippen molar-refractivity contribution in [1.82, 2.24) is 4.90 Å². The van der Waals surface area contributed by atoms with Gasteiger partial charge in [0.2, 0.25) is 0 Å². The molecule has 2 rings (SSSR count). The molecule has 1 aliphatic heterocycles. The molecule has 0 aromatic heterocycles. The van der Waals surface area contributed by atoms with Crippen LogP contribution in [0.15, 0.2) is 24.3 Å². The molecule has 17 heavy (non-hydrogen) atoms. The van der Waals surface area contributed by atoms with Crippen molar-refractivity contribution >= 4 is 0 Å². The Bertz CT molecular complexity index is 329. The molecule has 1 aliphatic rings. The maximum absolute atomic E-state index is 12.9. The van der Waals surface area contributed by atoms with Crippen LogP contribution in [0.4, 0.5) is 8.78 Å². The van der Waals surface area contributed by atoms with Gasteiger partial charge in [-0.2, -0.15) is 0 Å². The Labute approximate surface area is 101 Å². The molecule has 0 atom stereocenters. The first-order valence-corrected chi connectivity index (χ1v) is 6.35. The highest BCUT2D eigenvalue weighted by Crippen LogP contribution is 2.14. The van der Waals surface area contributed by atoms with Crippen LogP contribution < -0.4 is 0 Å². The van der Waals surface area contributed by atoms with Crippen LogP contribution in [-0.2, 0) is 6.42 Å². The van der Waals surface area contributed by atoms with E-state index >= 15 is 0 Å². The number of rotatable bonds is 4. The first kappa shape index (κ1) is 12.5. The fourth-order valence-corrected chi connectivity index (χ4v) is 2.28. The predicted octanol–water partition coefficient (Wildman–Crippen LogP) is 3.19. The molecule has 3 heteroatoms. The van der Waals surface area contributed by atoms with Crippen LogP contribution in [0.25, 0.3) is 0 Å². The molecule has 0 bridgehead atoms. The van der Waals surface area contributed by atoms with Gasteiger partial charge in [0.1, 0.15) is 12.0 Å². The average molecular weight is 239 g/mol. The number of likely N-dealkylation sites (tertiary alicyclic amines) is 1. The summed E-state index contributed by atoms with van der Waals surface area (Å²) < 4.78 is 25.6. The zero-order valence-corrected chi connectivity index (χ0v) is 10.0. The molecule has 0 aliphatic carbocycles. The van der Waals surface area contributed by atoms with Crippen LogP contribution in [0.2, 0.25) is 0 Å². The van der Waals surface area contributed by atoms with E-state index in [1.54, 1.807) is 0 Å². The predicted molar refractivity (Wildman–Crippen MR) is 65.3 cm³/mol. The molecule has 1 aromatic rings. The molecule has 1 aromatic carbocycles. The lowest BCUT2D eigenvalue weighted by molar-refractivity contribution is 0.150. The fourth-order valence-electron chi connectivity index (χ4n) is 2.28. The standard InChI is InChI=1S/C14H19F2N/c15-13-5-3-12(4-6-13)2-1-9-17-10-7-14(16)8-11-17/h3-6,14H,1-2,7-11H2. The van der Waals surface area contributed by atoms with E-state index in [2.05, 4.69) is 4.90 Å². The van der Waals surface area contributed by atoms with Gasteiger partial charge in [0.05, 0.1) is 0 Å². The van der Waals surface area contributed by atoms with Crippen molar-refractivity contribution in [3.63, 3.8) is 0 Å². The number of halogens is 2. The number of hydrogen-bond donors (Lipinski definition) is 0. The number of benzene rings is 1. The van der Waals surface area contributed by atoms with Gasteiger partial charge < -0.3 is 4.90 Å². The summed E-state index contributed by atoms with van der Waals surface area (Å²) in [7, 11) is 0. The maximum Gasteiger partial charge on any atom is 0.123 e. The van der Waals surface area contributed by atoms with Crippen LogP contribution in [0.5, 0.6) is 0 Å². The number of nitrogens with zero attached hydrogens (tertiary/aromatic N) is 1. The largest absolute Gasteiger partial charge is 0.303 e. The Kier molecular flexibility index (Phi) is 4.49. The summed E-state index contributed by atoms with van der Waals surface area (Å²) in [5, 5.41) is 0. The summed E-state index contributed by atoms with van der Waals surface area (Å²) in [5.41, 5.74) is 1.17. The summed E-state index contributed by atoms with van der Waals surface area (Å²) in [5.74, 6) is -0.182. The Morgan fingerprint density at radius 3 is 2.41 bits per heavy atom. The minimum Gasteiger partial charge on any atom is -0.303 e.